The maximum Gasteiger partial charge on any atom is 0.254 e. The molecule has 4 heteroatoms. The number of amides is 1. The second-order valence-corrected chi connectivity index (χ2v) is 6.22. The molecule has 4 nitrogen and oxygen atoms in total. The molecule has 1 aliphatic rings. The van der Waals surface area contributed by atoms with E-state index in [1.54, 1.807) is 0 Å². The van der Waals surface area contributed by atoms with Gasteiger partial charge in [-0.05, 0) is 29.1 Å². The van der Waals surface area contributed by atoms with Gasteiger partial charge >= 0.3 is 0 Å². The minimum atomic E-state index is -0.0531. The Morgan fingerprint density at radius 1 is 1.12 bits per heavy atom. The van der Waals surface area contributed by atoms with Crippen molar-refractivity contribution in [2.75, 3.05) is 19.7 Å². The van der Waals surface area contributed by atoms with E-state index in [0.717, 1.165) is 22.0 Å². The summed E-state index contributed by atoms with van der Waals surface area (Å²) in [7, 11) is 2.00. The molecule has 24 heavy (non-hydrogen) atoms. The standard InChI is InChI=1S/C20H20N2O2/c1-21-10-9-15-7-8-17(13-18(15)21)20(23)22-11-12-24-19(14-22)16-5-3-2-4-6-16/h2-10,13,19H,11-12,14H2,1H3/t19-/m0/s1. The number of aryl methyl sites for hydroxylation is 1. The molecule has 122 valence electrons. The fourth-order valence-corrected chi connectivity index (χ4v) is 3.28. The van der Waals surface area contributed by atoms with E-state index in [9.17, 15) is 4.79 Å². The van der Waals surface area contributed by atoms with Crippen molar-refractivity contribution < 1.29 is 9.53 Å². The van der Waals surface area contributed by atoms with Crippen LogP contribution in [0.1, 0.15) is 22.0 Å². The van der Waals surface area contributed by atoms with Gasteiger partial charge in [-0.1, -0.05) is 36.4 Å². The molecule has 0 bridgehead atoms. The summed E-state index contributed by atoms with van der Waals surface area (Å²) in [5.41, 5.74) is 2.93. The van der Waals surface area contributed by atoms with Crippen molar-refractivity contribution in [3.05, 3.63) is 71.9 Å². The third-order valence-corrected chi connectivity index (χ3v) is 4.66. The van der Waals surface area contributed by atoms with E-state index >= 15 is 0 Å². The zero-order valence-electron chi connectivity index (χ0n) is 13.7. The van der Waals surface area contributed by atoms with Crippen LogP contribution < -0.4 is 0 Å². The maximum absolute atomic E-state index is 12.9. The van der Waals surface area contributed by atoms with Crippen molar-refractivity contribution in [1.82, 2.24) is 9.47 Å². The molecule has 1 fully saturated rings. The number of hydrogen-bond donors (Lipinski definition) is 0. The van der Waals surface area contributed by atoms with Gasteiger partial charge in [0.05, 0.1) is 13.2 Å². The van der Waals surface area contributed by atoms with Crippen molar-refractivity contribution >= 4 is 16.8 Å². The number of morpholine rings is 1. The molecule has 1 aromatic heterocycles. The summed E-state index contributed by atoms with van der Waals surface area (Å²) in [6, 6.07) is 18.1. The normalized spacial score (nSPS) is 18.0. The summed E-state index contributed by atoms with van der Waals surface area (Å²) in [6.45, 7) is 1.79. The van der Waals surface area contributed by atoms with Gasteiger partial charge in [-0.2, -0.15) is 0 Å². The summed E-state index contributed by atoms with van der Waals surface area (Å²) < 4.78 is 7.90. The first kappa shape index (κ1) is 15.0. The first-order chi connectivity index (χ1) is 11.7. The molecule has 0 unspecified atom stereocenters. The molecule has 1 aliphatic heterocycles. The monoisotopic (exact) mass is 320 g/mol. The van der Waals surface area contributed by atoms with Gasteiger partial charge in [0, 0.05) is 30.9 Å². The van der Waals surface area contributed by atoms with Crippen LogP contribution >= 0.6 is 0 Å². The lowest BCUT2D eigenvalue weighted by atomic mass is 10.1. The largest absolute Gasteiger partial charge is 0.370 e. The zero-order chi connectivity index (χ0) is 16.5. The average molecular weight is 320 g/mol. The van der Waals surface area contributed by atoms with Gasteiger partial charge in [-0.15, -0.1) is 0 Å². The highest BCUT2D eigenvalue weighted by molar-refractivity contribution is 5.98. The molecule has 0 aliphatic carbocycles. The van der Waals surface area contributed by atoms with E-state index in [2.05, 4.69) is 18.2 Å². The van der Waals surface area contributed by atoms with Crippen LogP contribution in [-0.4, -0.2) is 35.1 Å². The van der Waals surface area contributed by atoms with Crippen molar-refractivity contribution in [2.24, 2.45) is 7.05 Å². The Balaban J connectivity index is 1.57. The van der Waals surface area contributed by atoms with E-state index in [4.69, 9.17) is 4.74 Å². The van der Waals surface area contributed by atoms with Crippen LogP contribution in [0.3, 0.4) is 0 Å². The average Bonchev–Trinajstić information content (AvgIpc) is 3.02. The van der Waals surface area contributed by atoms with Crippen LogP contribution in [0, 0.1) is 0 Å². The van der Waals surface area contributed by atoms with Gasteiger partial charge in [0.2, 0.25) is 0 Å². The molecule has 0 saturated carbocycles. The molecule has 1 saturated heterocycles. The summed E-state index contributed by atoms with van der Waals surface area (Å²) in [4.78, 5) is 14.8. The first-order valence-electron chi connectivity index (χ1n) is 8.23. The van der Waals surface area contributed by atoms with Gasteiger partial charge in [0.15, 0.2) is 0 Å². The van der Waals surface area contributed by atoms with E-state index in [0.29, 0.717) is 19.7 Å². The van der Waals surface area contributed by atoms with Gasteiger partial charge in [0.1, 0.15) is 6.10 Å². The number of rotatable bonds is 2. The number of carbonyl (C=O) groups excluding carboxylic acids is 1. The quantitative estimate of drug-likeness (QED) is 0.725. The van der Waals surface area contributed by atoms with Crippen molar-refractivity contribution in [3.63, 3.8) is 0 Å². The lowest BCUT2D eigenvalue weighted by molar-refractivity contribution is -0.0228. The Hall–Kier alpha value is -2.59. The molecule has 2 aromatic carbocycles. The second-order valence-electron chi connectivity index (χ2n) is 6.22. The molecule has 1 atom stereocenters. The molecule has 3 aromatic rings. The second kappa shape index (κ2) is 6.13. The number of aromatic nitrogens is 1. The summed E-state index contributed by atoms with van der Waals surface area (Å²) in [5, 5.41) is 1.15. The molecule has 0 radical (unpaired) electrons. The van der Waals surface area contributed by atoms with E-state index in [-0.39, 0.29) is 12.0 Å². The Kier molecular flexibility index (Phi) is 3.82. The zero-order valence-corrected chi connectivity index (χ0v) is 13.7. The van der Waals surface area contributed by atoms with E-state index in [1.807, 2.05) is 59.1 Å². The molecule has 2 heterocycles. The van der Waals surface area contributed by atoms with E-state index < -0.39 is 0 Å². The Labute approximate surface area is 141 Å². The predicted molar refractivity (Wildman–Crippen MR) is 94.0 cm³/mol. The van der Waals surface area contributed by atoms with Crippen LogP contribution in [0.5, 0.6) is 0 Å². The highest BCUT2D eigenvalue weighted by Gasteiger charge is 2.26. The fourth-order valence-electron chi connectivity index (χ4n) is 3.28. The predicted octanol–water partition coefficient (Wildman–Crippen LogP) is 3.39. The number of nitrogens with zero attached hydrogens (tertiary/aromatic N) is 2. The summed E-state index contributed by atoms with van der Waals surface area (Å²) in [6.07, 6.45) is 1.96. The number of ether oxygens (including phenoxy) is 1. The van der Waals surface area contributed by atoms with Gasteiger partial charge < -0.3 is 14.2 Å². The highest BCUT2D eigenvalue weighted by Crippen LogP contribution is 2.24. The highest BCUT2D eigenvalue weighted by atomic mass is 16.5. The molecular weight excluding hydrogens is 300 g/mol. The maximum atomic E-state index is 12.9. The first-order valence-corrected chi connectivity index (χ1v) is 8.23. The van der Waals surface area contributed by atoms with Crippen LogP contribution in [0.25, 0.3) is 10.9 Å². The molecule has 0 N–H and O–H groups in total. The van der Waals surface area contributed by atoms with Crippen LogP contribution in [0.2, 0.25) is 0 Å². The smallest absolute Gasteiger partial charge is 0.254 e. The SMILES string of the molecule is Cn1ccc2ccc(C(=O)N3CCO[C@H](c4ccccc4)C3)cc21. The van der Waals surface area contributed by atoms with Crippen molar-refractivity contribution in [1.29, 1.82) is 0 Å². The Bertz CT molecular complexity index is 870. The number of carbonyl (C=O) groups is 1. The van der Waals surface area contributed by atoms with Gasteiger partial charge in [0.25, 0.3) is 5.91 Å². The minimum absolute atomic E-state index is 0.0531. The number of fused-ring (bicyclic) bond motifs is 1. The third kappa shape index (κ3) is 2.69. The molecule has 0 spiro atoms. The summed E-state index contributed by atoms with van der Waals surface area (Å²) in [5.74, 6) is 0.0716. The molecule has 1 amide bonds. The third-order valence-electron chi connectivity index (χ3n) is 4.66. The minimum Gasteiger partial charge on any atom is -0.370 e. The van der Waals surface area contributed by atoms with Crippen LogP contribution in [0.15, 0.2) is 60.8 Å². The Morgan fingerprint density at radius 2 is 1.96 bits per heavy atom. The molecular formula is C20H20N2O2. The van der Waals surface area contributed by atoms with Crippen LogP contribution in [0.4, 0.5) is 0 Å². The van der Waals surface area contributed by atoms with Crippen LogP contribution in [-0.2, 0) is 11.8 Å². The number of hydrogen-bond acceptors (Lipinski definition) is 2. The lowest BCUT2D eigenvalue weighted by Gasteiger charge is -2.33. The fraction of sp³-hybridized carbons (Fsp3) is 0.250. The molecule has 4 rings (SSSR count). The Morgan fingerprint density at radius 3 is 2.79 bits per heavy atom. The van der Waals surface area contributed by atoms with Crippen molar-refractivity contribution in [2.45, 2.75) is 6.10 Å². The van der Waals surface area contributed by atoms with Gasteiger partial charge in [-0.3, -0.25) is 4.79 Å². The van der Waals surface area contributed by atoms with Gasteiger partial charge in [-0.25, -0.2) is 0 Å². The topological polar surface area (TPSA) is 34.5 Å². The number of benzene rings is 2. The van der Waals surface area contributed by atoms with Crippen molar-refractivity contribution in [3.8, 4) is 0 Å². The van der Waals surface area contributed by atoms with E-state index in [1.165, 1.54) is 0 Å². The lowest BCUT2D eigenvalue weighted by Crippen LogP contribution is -2.42. The summed E-state index contributed by atoms with van der Waals surface area (Å²) >= 11 is 0.